The van der Waals surface area contributed by atoms with Crippen LogP contribution >= 0.6 is 11.6 Å². The Morgan fingerprint density at radius 3 is 2.93 bits per heavy atom. The molecule has 1 aromatic carbocycles. The minimum atomic E-state index is -0.445. The van der Waals surface area contributed by atoms with Crippen LogP contribution in [0.25, 0.3) is 28.2 Å². The normalized spacial score (nSPS) is 12.4. The van der Waals surface area contributed by atoms with Crippen molar-refractivity contribution in [3.8, 4) is 17.1 Å². The second kappa shape index (κ2) is 6.88. The van der Waals surface area contributed by atoms with E-state index in [0.717, 1.165) is 11.2 Å². The third kappa shape index (κ3) is 3.08. The van der Waals surface area contributed by atoms with E-state index in [1.54, 1.807) is 31.3 Å². The van der Waals surface area contributed by atoms with Crippen molar-refractivity contribution in [1.29, 1.82) is 0 Å². The Kier molecular flexibility index (Phi) is 4.41. The number of nitroso groups, excluding NO2 is 1. The topological polar surface area (TPSA) is 94.6 Å². The number of rotatable bonds is 5. The molecule has 8 nitrogen and oxygen atoms in total. The number of pyridine rings is 1. The number of aromatic nitrogens is 5. The van der Waals surface area contributed by atoms with Crippen LogP contribution in [0.2, 0.25) is 5.02 Å². The maximum Gasteiger partial charge on any atom is 0.184 e. The number of halogens is 1. The molecule has 0 aliphatic rings. The predicted octanol–water partition coefficient (Wildman–Crippen LogP) is 3.84. The number of nitrogens with zero attached hydrogens (tertiary/aromatic N) is 6. The van der Waals surface area contributed by atoms with Crippen molar-refractivity contribution in [1.82, 2.24) is 24.6 Å². The summed E-state index contributed by atoms with van der Waals surface area (Å²) in [6, 6.07) is 8.48. The van der Waals surface area contributed by atoms with Gasteiger partial charge in [0.15, 0.2) is 17.1 Å². The molecule has 9 heteroatoms. The zero-order valence-electron chi connectivity index (χ0n) is 14.6. The SMILES string of the molecule is Cc1nc2cccnc2n2c(-c3cc(OC[C@H](C)N=O)ccc3Cl)nnc12. The minimum absolute atomic E-state index is 0.179. The number of hydrogen-bond donors (Lipinski definition) is 0. The van der Waals surface area contributed by atoms with Gasteiger partial charge >= 0.3 is 0 Å². The lowest BCUT2D eigenvalue weighted by Crippen LogP contribution is -2.10. The van der Waals surface area contributed by atoms with Crippen LogP contribution in [-0.4, -0.2) is 37.2 Å². The summed E-state index contributed by atoms with van der Waals surface area (Å²) in [5.41, 5.74) is 3.36. The van der Waals surface area contributed by atoms with Gasteiger partial charge in [0.2, 0.25) is 0 Å². The van der Waals surface area contributed by atoms with Crippen molar-refractivity contribution in [3.63, 3.8) is 0 Å². The van der Waals surface area contributed by atoms with Crippen molar-refractivity contribution in [2.75, 3.05) is 6.61 Å². The summed E-state index contributed by atoms with van der Waals surface area (Å²) in [5, 5.41) is 12.0. The quantitative estimate of drug-likeness (QED) is 0.487. The Labute approximate surface area is 159 Å². The van der Waals surface area contributed by atoms with Crippen LogP contribution in [0.5, 0.6) is 5.75 Å². The molecule has 1 atom stereocenters. The fourth-order valence-corrected chi connectivity index (χ4v) is 2.99. The first-order valence-electron chi connectivity index (χ1n) is 8.30. The number of hydrogen-bond acceptors (Lipinski definition) is 7. The smallest absolute Gasteiger partial charge is 0.184 e. The first kappa shape index (κ1) is 17.3. The number of benzene rings is 1. The Morgan fingerprint density at radius 1 is 1.26 bits per heavy atom. The van der Waals surface area contributed by atoms with Crippen LogP contribution in [0.3, 0.4) is 0 Å². The molecule has 0 aliphatic heterocycles. The molecule has 0 spiro atoms. The van der Waals surface area contributed by atoms with Gasteiger partial charge in [-0.05, 0) is 44.2 Å². The van der Waals surface area contributed by atoms with Gasteiger partial charge in [0.05, 0.1) is 10.7 Å². The zero-order valence-corrected chi connectivity index (χ0v) is 15.4. The summed E-state index contributed by atoms with van der Waals surface area (Å²) in [6.07, 6.45) is 1.69. The summed E-state index contributed by atoms with van der Waals surface area (Å²) in [7, 11) is 0. The number of ether oxygens (including phenoxy) is 1. The summed E-state index contributed by atoms with van der Waals surface area (Å²) in [6.45, 7) is 3.73. The summed E-state index contributed by atoms with van der Waals surface area (Å²) >= 11 is 6.43. The molecule has 4 rings (SSSR count). The second-order valence-corrected chi connectivity index (χ2v) is 6.54. The second-order valence-electron chi connectivity index (χ2n) is 6.13. The monoisotopic (exact) mass is 382 g/mol. The van der Waals surface area contributed by atoms with E-state index in [1.807, 2.05) is 23.5 Å². The van der Waals surface area contributed by atoms with E-state index in [1.165, 1.54) is 0 Å². The molecule has 0 aliphatic carbocycles. The molecule has 27 heavy (non-hydrogen) atoms. The van der Waals surface area contributed by atoms with Gasteiger partial charge in [0, 0.05) is 11.8 Å². The van der Waals surface area contributed by atoms with Crippen molar-refractivity contribution in [3.05, 3.63) is 52.2 Å². The van der Waals surface area contributed by atoms with Gasteiger partial charge in [-0.1, -0.05) is 16.8 Å². The van der Waals surface area contributed by atoms with E-state index in [-0.39, 0.29) is 6.61 Å². The molecule has 0 radical (unpaired) electrons. The van der Waals surface area contributed by atoms with Gasteiger partial charge in [0.1, 0.15) is 23.9 Å². The van der Waals surface area contributed by atoms with E-state index < -0.39 is 6.04 Å². The number of aryl methyl sites for hydroxylation is 1. The largest absolute Gasteiger partial charge is 0.491 e. The number of fused-ring (bicyclic) bond motifs is 3. The molecule has 4 aromatic rings. The molecular weight excluding hydrogens is 368 g/mol. The van der Waals surface area contributed by atoms with E-state index in [4.69, 9.17) is 16.3 Å². The van der Waals surface area contributed by atoms with Crippen LogP contribution in [0.15, 0.2) is 41.7 Å². The van der Waals surface area contributed by atoms with E-state index >= 15 is 0 Å². The standard InChI is InChI=1S/C18H15ClN6O2/c1-10(24-26)9-27-12-5-6-14(19)13(8-12)17-23-22-16-11(2)21-15-4-3-7-20-18(15)25(16)17/h3-8,10H,9H2,1-2H3/t10-/m0/s1. The average Bonchev–Trinajstić information content (AvgIpc) is 3.13. The molecule has 3 heterocycles. The molecule has 0 saturated carbocycles. The van der Waals surface area contributed by atoms with E-state index in [0.29, 0.717) is 33.5 Å². The van der Waals surface area contributed by atoms with Gasteiger partial charge in [0.25, 0.3) is 0 Å². The van der Waals surface area contributed by atoms with Crippen LogP contribution in [0.1, 0.15) is 12.6 Å². The lowest BCUT2D eigenvalue weighted by atomic mass is 10.2. The predicted molar refractivity (Wildman–Crippen MR) is 102 cm³/mol. The lowest BCUT2D eigenvalue weighted by Gasteiger charge is -2.10. The molecule has 136 valence electrons. The van der Waals surface area contributed by atoms with E-state index in [2.05, 4.69) is 25.3 Å². The molecule has 0 N–H and O–H groups in total. The molecule has 0 amide bonds. The van der Waals surface area contributed by atoms with Crippen LogP contribution in [0.4, 0.5) is 0 Å². The fraction of sp³-hybridized carbons (Fsp3) is 0.222. The van der Waals surface area contributed by atoms with Crippen molar-refractivity contribution < 1.29 is 4.74 Å². The molecule has 0 fully saturated rings. The van der Waals surface area contributed by atoms with Crippen molar-refractivity contribution in [2.45, 2.75) is 19.9 Å². The van der Waals surface area contributed by atoms with Crippen LogP contribution in [-0.2, 0) is 0 Å². The Hall–Kier alpha value is -3.13. The first-order chi connectivity index (χ1) is 13.1. The van der Waals surface area contributed by atoms with Crippen LogP contribution in [0, 0.1) is 11.8 Å². The van der Waals surface area contributed by atoms with Gasteiger partial charge in [-0.15, -0.1) is 10.2 Å². The molecular formula is C18H15ClN6O2. The highest BCUT2D eigenvalue weighted by Gasteiger charge is 2.18. The molecule has 3 aromatic heterocycles. The fourth-order valence-electron chi connectivity index (χ4n) is 2.79. The average molecular weight is 383 g/mol. The molecule has 0 bridgehead atoms. The van der Waals surface area contributed by atoms with Crippen molar-refractivity contribution >= 4 is 28.4 Å². The summed E-state index contributed by atoms with van der Waals surface area (Å²) in [4.78, 5) is 19.5. The van der Waals surface area contributed by atoms with Gasteiger partial charge < -0.3 is 4.74 Å². The Bertz CT molecular complexity index is 1160. The summed E-state index contributed by atoms with van der Waals surface area (Å²) < 4.78 is 7.47. The maximum atomic E-state index is 10.6. The molecule has 0 unspecified atom stereocenters. The summed E-state index contributed by atoms with van der Waals surface area (Å²) in [5.74, 6) is 1.10. The third-order valence-electron chi connectivity index (χ3n) is 4.10. The first-order valence-corrected chi connectivity index (χ1v) is 8.68. The van der Waals surface area contributed by atoms with Gasteiger partial charge in [-0.2, -0.15) is 4.91 Å². The Balaban J connectivity index is 1.88. The minimum Gasteiger partial charge on any atom is -0.491 e. The highest BCUT2D eigenvalue weighted by molar-refractivity contribution is 6.33. The zero-order chi connectivity index (χ0) is 19.0. The third-order valence-corrected chi connectivity index (χ3v) is 4.43. The Morgan fingerprint density at radius 2 is 2.11 bits per heavy atom. The molecule has 0 saturated heterocycles. The van der Waals surface area contributed by atoms with E-state index in [9.17, 15) is 4.91 Å². The van der Waals surface area contributed by atoms with Crippen LogP contribution < -0.4 is 4.74 Å². The van der Waals surface area contributed by atoms with Gasteiger partial charge in [-0.3, -0.25) is 4.40 Å². The highest BCUT2D eigenvalue weighted by atomic mass is 35.5. The van der Waals surface area contributed by atoms with Gasteiger partial charge in [-0.25, -0.2) is 9.97 Å². The maximum absolute atomic E-state index is 10.6. The lowest BCUT2D eigenvalue weighted by molar-refractivity contribution is 0.296. The highest BCUT2D eigenvalue weighted by Crippen LogP contribution is 2.32. The van der Waals surface area contributed by atoms with Crippen molar-refractivity contribution in [2.24, 2.45) is 5.18 Å².